The predicted octanol–water partition coefficient (Wildman–Crippen LogP) is 4.09. The number of amides is 1. The third kappa shape index (κ3) is 5.24. The second kappa shape index (κ2) is 11.3. The summed E-state index contributed by atoms with van der Waals surface area (Å²) in [6.07, 6.45) is 10.2. The molecular weight excluding hydrogens is 596 g/mol. The number of nitrogens with zero attached hydrogens (tertiary/aromatic N) is 4. The second-order valence-electron chi connectivity index (χ2n) is 11.0. The van der Waals surface area contributed by atoms with Gasteiger partial charge in [-0.2, -0.15) is 0 Å². The van der Waals surface area contributed by atoms with Gasteiger partial charge in [0.15, 0.2) is 0 Å². The summed E-state index contributed by atoms with van der Waals surface area (Å²) in [4.78, 5) is 41.7. The second-order valence-corrected chi connectivity index (χ2v) is 13.2. The Balaban J connectivity index is 1.47. The van der Waals surface area contributed by atoms with Crippen molar-refractivity contribution in [2.24, 2.45) is 0 Å². The molecule has 230 valence electrons. The van der Waals surface area contributed by atoms with Crippen molar-refractivity contribution in [1.82, 2.24) is 29.2 Å². The van der Waals surface area contributed by atoms with Gasteiger partial charge in [0.1, 0.15) is 17.8 Å². The maximum absolute atomic E-state index is 13.9. The number of methoxy groups -OCH3 is 1. The molecule has 0 bridgehead atoms. The molecule has 0 radical (unpaired) electrons. The Hall–Kier alpha value is -5.30. The maximum Gasteiger partial charge on any atom is 0.256 e. The van der Waals surface area contributed by atoms with Crippen LogP contribution in [-0.2, 0) is 16.6 Å². The maximum atomic E-state index is 13.9. The predicted molar refractivity (Wildman–Crippen MR) is 168 cm³/mol. The van der Waals surface area contributed by atoms with E-state index in [2.05, 4.69) is 31.8 Å². The Morgan fingerprint density at radius 1 is 1.16 bits per heavy atom. The van der Waals surface area contributed by atoms with Crippen LogP contribution in [0.3, 0.4) is 0 Å². The molecule has 6 rings (SSSR count). The number of rotatable bonds is 10. The van der Waals surface area contributed by atoms with Crippen LogP contribution in [-0.4, -0.2) is 55.2 Å². The van der Waals surface area contributed by atoms with Crippen LogP contribution in [0.25, 0.3) is 33.3 Å². The zero-order valence-electron chi connectivity index (χ0n) is 24.6. The third-order valence-electron chi connectivity index (χ3n) is 8.05. The van der Waals surface area contributed by atoms with Gasteiger partial charge in [0.25, 0.3) is 11.5 Å². The number of ether oxygens (including phenoxy) is 1. The van der Waals surface area contributed by atoms with Gasteiger partial charge in [0.05, 0.1) is 52.3 Å². The average molecular weight is 627 g/mol. The number of fused-ring (bicyclic) bond motifs is 1. The molecule has 1 saturated carbocycles. The molecule has 3 N–H and O–H groups in total. The lowest BCUT2D eigenvalue weighted by Gasteiger charge is -2.17. The Labute approximate surface area is 258 Å². The molecule has 0 aliphatic heterocycles. The lowest BCUT2D eigenvalue weighted by Crippen LogP contribution is -2.29. The fourth-order valence-corrected chi connectivity index (χ4v) is 7.51. The van der Waals surface area contributed by atoms with E-state index in [1.54, 1.807) is 61.9 Å². The lowest BCUT2D eigenvalue weighted by atomic mass is 10.00. The van der Waals surface area contributed by atoms with Gasteiger partial charge in [-0.05, 0) is 56.0 Å². The van der Waals surface area contributed by atoms with Crippen LogP contribution in [0.4, 0.5) is 0 Å². The van der Waals surface area contributed by atoms with E-state index in [1.165, 1.54) is 13.4 Å². The molecule has 0 atom stereocenters. The number of H-pyrrole nitrogens is 1. The van der Waals surface area contributed by atoms with E-state index in [1.807, 2.05) is 0 Å². The highest BCUT2D eigenvalue weighted by atomic mass is 32.2. The van der Waals surface area contributed by atoms with Crippen LogP contribution in [0, 0.1) is 6.92 Å². The highest BCUT2D eigenvalue weighted by Gasteiger charge is 2.54. The molecule has 1 aliphatic carbocycles. The number of carbonyl (C=O) groups is 1. The van der Waals surface area contributed by atoms with Crippen molar-refractivity contribution in [3.05, 3.63) is 101 Å². The smallest absolute Gasteiger partial charge is 0.256 e. The first-order valence-corrected chi connectivity index (χ1v) is 15.5. The summed E-state index contributed by atoms with van der Waals surface area (Å²) in [5.41, 5.74) is 2.96. The first-order valence-electron chi connectivity index (χ1n) is 14.1. The molecule has 1 amide bonds. The summed E-state index contributed by atoms with van der Waals surface area (Å²) in [6.45, 7) is 5.26. The van der Waals surface area contributed by atoms with Gasteiger partial charge in [-0.3, -0.25) is 14.6 Å². The number of pyridine rings is 2. The molecule has 4 heterocycles. The minimum Gasteiger partial charge on any atom is -0.506 e. The highest BCUT2D eigenvalue weighted by molar-refractivity contribution is 7.91. The summed E-state index contributed by atoms with van der Waals surface area (Å²) in [5, 5.41) is 13.9. The molecule has 45 heavy (non-hydrogen) atoms. The highest BCUT2D eigenvalue weighted by Crippen LogP contribution is 2.49. The number of benzene rings is 1. The van der Waals surface area contributed by atoms with E-state index >= 15 is 0 Å². The third-order valence-corrected chi connectivity index (χ3v) is 10.5. The molecule has 13 heteroatoms. The molecular formula is C32H30N6O6S. The molecule has 1 aromatic carbocycles. The molecule has 4 aromatic heterocycles. The summed E-state index contributed by atoms with van der Waals surface area (Å²) in [5.74, 6) is -0.696. The molecule has 0 unspecified atom stereocenters. The van der Waals surface area contributed by atoms with Crippen molar-refractivity contribution >= 4 is 26.8 Å². The van der Waals surface area contributed by atoms with Crippen LogP contribution >= 0.6 is 0 Å². The van der Waals surface area contributed by atoms with Gasteiger partial charge < -0.3 is 20.1 Å². The van der Waals surface area contributed by atoms with Crippen LogP contribution in [0.15, 0.2) is 78.9 Å². The largest absolute Gasteiger partial charge is 0.506 e. The monoisotopic (exact) mass is 626 g/mol. The lowest BCUT2D eigenvalue weighted by molar-refractivity contribution is 0.0952. The fourth-order valence-electron chi connectivity index (χ4n) is 5.50. The van der Waals surface area contributed by atoms with Crippen LogP contribution < -0.4 is 15.6 Å². The van der Waals surface area contributed by atoms with E-state index < -0.39 is 26.2 Å². The number of allylic oxidation sites excluding steroid dienone is 1. The SMILES string of the molecule is C=CCC1(S(=O)(=O)n2cc(O)c3c(C(=O)NCc4c(OC)cc(C)[nH]c4=O)cc(-c4ccc(-c5cncnc5)nc4)cc32)CC1. The number of aromatic hydroxyl groups is 1. The van der Waals surface area contributed by atoms with Crippen LogP contribution in [0.5, 0.6) is 11.5 Å². The van der Waals surface area contributed by atoms with Crippen LogP contribution in [0.2, 0.25) is 0 Å². The number of aromatic amines is 1. The normalized spacial score (nSPS) is 13.8. The Morgan fingerprint density at radius 2 is 1.91 bits per heavy atom. The van der Waals surface area contributed by atoms with Gasteiger partial charge in [-0.25, -0.2) is 22.4 Å². The van der Waals surface area contributed by atoms with E-state index in [4.69, 9.17) is 4.74 Å². The van der Waals surface area contributed by atoms with E-state index in [0.29, 0.717) is 46.7 Å². The van der Waals surface area contributed by atoms with Gasteiger partial charge >= 0.3 is 0 Å². The number of aromatic nitrogens is 5. The Kier molecular flexibility index (Phi) is 7.49. The summed E-state index contributed by atoms with van der Waals surface area (Å²) >= 11 is 0. The molecule has 0 spiro atoms. The number of hydrogen-bond acceptors (Lipinski definition) is 9. The van der Waals surface area contributed by atoms with Crippen LogP contribution in [0.1, 0.15) is 40.9 Å². The minimum absolute atomic E-state index is 0.0190. The Bertz CT molecular complexity index is 2120. The first kappa shape index (κ1) is 29.8. The zero-order chi connectivity index (χ0) is 31.9. The van der Waals surface area contributed by atoms with E-state index in [9.17, 15) is 23.1 Å². The molecule has 1 fully saturated rings. The molecule has 12 nitrogen and oxygen atoms in total. The molecule has 5 aromatic rings. The molecule has 0 saturated heterocycles. The quantitative estimate of drug-likeness (QED) is 0.193. The topological polar surface area (TPSA) is 169 Å². The fraction of sp³-hybridized carbons (Fsp3) is 0.219. The minimum atomic E-state index is -3.99. The van der Waals surface area contributed by atoms with Gasteiger partial charge in [-0.1, -0.05) is 12.1 Å². The van der Waals surface area contributed by atoms with Gasteiger partial charge in [0, 0.05) is 35.4 Å². The van der Waals surface area contributed by atoms with E-state index in [-0.39, 0.29) is 40.7 Å². The summed E-state index contributed by atoms with van der Waals surface area (Å²) < 4.78 is 33.3. The van der Waals surface area contributed by atoms with Crippen molar-refractivity contribution in [2.75, 3.05) is 7.11 Å². The molecule has 1 aliphatic rings. The summed E-state index contributed by atoms with van der Waals surface area (Å²) in [6, 6.07) is 8.38. The number of hydrogen-bond donors (Lipinski definition) is 3. The number of nitrogens with one attached hydrogen (secondary N) is 2. The summed E-state index contributed by atoms with van der Waals surface area (Å²) in [7, 11) is -2.56. The number of carbonyl (C=O) groups excluding carboxylic acids is 1. The van der Waals surface area contributed by atoms with Crippen molar-refractivity contribution in [1.29, 1.82) is 0 Å². The van der Waals surface area contributed by atoms with Crippen molar-refractivity contribution < 1.29 is 23.1 Å². The standard InChI is InChI=1S/C32H30N6O6S/c1-4-7-32(8-9-32)45(42,43)38-17-27(39)29-23(30(40)36-16-24-28(44-3)10-19(2)37-31(24)41)11-21(12-26(29)38)20-5-6-25(35-15-20)22-13-33-18-34-14-22/h4-6,10-15,17-18,39H,1,7-9,16H2,2-3H3,(H,36,40)(H,37,41). The van der Waals surface area contributed by atoms with Gasteiger partial charge in [-0.15, -0.1) is 6.58 Å². The zero-order valence-corrected chi connectivity index (χ0v) is 25.4. The number of aryl methyl sites for hydroxylation is 1. The van der Waals surface area contributed by atoms with E-state index in [0.717, 1.165) is 10.2 Å². The van der Waals surface area contributed by atoms with Gasteiger partial charge in [0.2, 0.25) is 10.0 Å². The van der Waals surface area contributed by atoms with Crippen molar-refractivity contribution in [3.63, 3.8) is 0 Å². The van der Waals surface area contributed by atoms with Crippen molar-refractivity contribution in [3.8, 4) is 33.9 Å². The Morgan fingerprint density at radius 3 is 2.56 bits per heavy atom. The first-order chi connectivity index (χ1) is 21.6. The van der Waals surface area contributed by atoms with Crippen molar-refractivity contribution in [2.45, 2.75) is 37.5 Å². The average Bonchev–Trinajstić information content (AvgIpc) is 3.76.